The van der Waals surface area contributed by atoms with Gasteiger partial charge in [0.05, 0.1) is 6.04 Å². The van der Waals surface area contributed by atoms with E-state index in [1.54, 1.807) is 4.57 Å². The molecular weight excluding hydrogens is 540 g/mol. The highest BCUT2D eigenvalue weighted by molar-refractivity contribution is 5.80. The van der Waals surface area contributed by atoms with Crippen molar-refractivity contribution in [2.75, 3.05) is 0 Å². The first-order valence-corrected chi connectivity index (χ1v) is 14.7. The second-order valence-corrected chi connectivity index (χ2v) is 11.2. The van der Waals surface area contributed by atoms with E-state index in [-0.39, 0.29) is 17.3 Å². The van der Waals surface area contributed by atoms with Gasteiger partial charge in [-0.15, -0.1) is 10.2 Å². The Morgan fingerprint density at radius 2 is 1.63 bits per heavy atom. The van der Waals surface area contributed by atoms with Crippen molar-refractivity contribution < 1.29 is 0 Å². The fraction of sp³-hybridized carbons (Fsp3) is 0.273. The van der Waals surface area contributed by atoms with E-state index in [1.165, 1.54) is 4.57 Å². The summed E-state index contributed by atoms with van der Waals surface area (Å²) in [5, 5.41) is 14.5. The lowest BCUT2D eigenvalue weighted by atomic mass is 9.98. The molecule has 0 radical (unpaired) electrons. The lowest BCUT2D eigenvalue weighted by Crippen LogP contribution is -2.42. The van der Waals surface area contributed by atoms with Gasteiger partial charge in [0.25, 0.3) is 5.56 Å². The molecule has 6 aromatic rings. The molecule has 10 nitrogen and oxygen atoms in total. The van der Waals surface area contributed by atoms with E-state index < -0.39 is 0 Å². The molecule has 1 aliphatic carbocycles. The minimum Gasteiger partial charge on any atom is -0.318 e. The maximum Gasteiger partial charge on any atom is 0.333 e. The fourth-order valence-electron chi connectivity index (χ4n) is 5.87. The van der Waals surface area contributed by atoms with Crippen molar-refractivity contribution in [3.63, 3.8) is 0 Å². The highest BCUT2D eigenvalue weighted by Gasteiger charge is 2.28. The van der Waals surface area contributed by atoms with Gasteiger partial charge in [-0.3, -0.25) is 13.9 Å². The number of hydrogen-bond acceptors (Lipinski definition) is 6. The average Bonchev–Trinajstić information content (AvgIpc) is 3.55. The van der Waals surface area contributed by atoms with Crippen molar-refractivity contribution in [1.29, 1.82) is 0 Å². The molecule has 0 amide bonds. The molecule has 0 bridgehead atoms. The van der Waals surface area contributed by atoms with E-state index in [1.807, 2.05) is 73.0 Å². The summed E-state index contributed by atoms with van der Waals surface area (Å²) >= 11 is 0. The van der Waals surface area contributed by atoms with Gasteiger partial charge in [-0.2, -0.15) is 5.21 Å². The number of aryl methyl sites for hydroxylation is 1. The molecule has 1 atom stereocenters. The van der Waals surface area contributed by atoms with Crippen LogP contribution in [0.1, 0.15) is 49.7 Å². The Kier molecular flexibility index (Phi) is 6.81. The fourth-order valence-corrected chi connectivity index (χ4v) is 5.87. The van der Waals surface area contributed by atoms with Crippen LogP contribution in [-0.4, -0.2) is 39.3 Å². The first-order valence-electron chi connectivity index (χ1n) is 14.7. The number of tetrazole rings is 1. The molecule has 3 aromatic heterocycles. The SMILES string of the molecule is CCc1nc2c(c(=O)n(CC3CC3)c(=O)n2C(C)c2ccccc2)n1Cc1ccc(-c2ccccc2-c2nn[nH]n2)cc1. The zero-order valence-corrected chi connectivity index (χ0v) is 24.1. The van der Waals surface area contributed by atoms with Crippen molar-refractivity contribution in [3.8, 4) is 22.5 Å². The largest absolute Gasteiger partial charge is 0.333 e. The average molecular weight is 573 g/mol. The van der Waals surface area contributed by atoms with E-state index >= 15 is 0 Å². The smallest absolute Gasteiger partial charge is 0.318 e. The highest BCUT2D eigenvalue weighted by atomic mass is 16.2. The van der Waals surface area contributed by atoms with E-state index in [9.17, 15) is 9.59 Å². The molecule has 43 heavy (non-hydrogen) atoms. The van der Waals surface area contributed by atoms with Gasteiger partial charge >= 0.3 is 5.69 Å². The molecule has 3 aromatic carbocycles. The predicted molar refractivity (Wildman–Crippen MR) is 165 cm³/mol. The summed E-state index contributed by atoms with van der Waals surface area (Å²) in [6.45, 7) is 4.93. The summed E-state index contributed by atoms with van der Waals surface area (Å²) in [4.78, 5) is 32.8. The lowest BCUT2D eigenvalue weighted by molar-refractivity contribution is 0.517. The number of hydrogen-bond donors (Lipinski definition) is 1. The first kappa shape index (κ1) is 26.8. The summed E-state index contributed by atoms with van der Waals surface area (Å²) in [6, 6.07) is 25.9. The molecule has 10 heteroatoms. The van der Waals surface area contributed by atoms with Gasteiger partial charge < -0.3 is 4.57 Å². The summed E-state index contributed by atoms with van der Waals surface area (Å²) in [5.41, 5.74) is 5.29. The van der Waals surface area contributed by atoms with E-state index in [0.717, 1.165) is 46.5 Å². The second kappa shape index (κ2) is 10.9. The molecule has 1 unspecified atom stereocenters. The maximum absolute atomic E-state index is 14.0. The molecule has 1 N–H and O–H groups in total. The Bertz CT molecular complexity index is 2020. The quantitative estimate of drug-likeness (QED) is 0.265. The number of aromatic nitrogens is 8. The topological polar surface area (TPSA) is 116 Å². The van der Waals surface area contributed by atoms with Crippen LogP contribution in [0.2, 0.25) is 0 Å². The van der Waals surface area contributed by atoms with Gasteiger partial charge in [-0.25, -0.2) is 9.78 Å². The first-order chi connectivity index (χ1) is 21.0. The molecule has 1 saturated carbocycles. The Morgan fingerprint density at radius 1 is 0.907 bits per heavy atom. The van der Waals surface area contributed by atoms with Crippen molar-refractivity contribution >= 4 is 11.2 Å². The Morgan fingerprint density at radius 3 is 2.30 bits per heavy atom. The van der Waals surface area contributed by atoms with Gasteiger partial charge in [0.15, 0.2) is 11.2 Å². The number of aromatic amines is 1. The van der Waals surface area contributed by atoms with Crippen LogP contribution in [0.5, 0.6) is 0 Å². The zero-order chi connectivity index (χ0) is 29.5. The zero-order valence-electron chi connectivity index (χ0n) is 24.1. The van der Waals surface area contributed by atoms with Crippen molar-refractivity contribution in [1.82, 2.24) is 39.3 Å². The molecule has 0 saturated heterocycles. The standard InChI is InChI=1S/C33H32N8O2/c1-3-28-34-31-29(32(42)40(20-22-13-14-22)33(43)41(31)21(2)24-9-5-4-6-10-24)39(28)19-23-15-17-25(18-16-23)26-11-7-8-12-27(26)30-35-37-38-36-30/h4-12,15-18,21-22H,3,13-14,19-20H2,1-2H3,(H,35,36,37,38). The molecule has 7 rings (SSSR count). The lowest BCUT2D eigenvalue weighted by Gasteiger charge is -2.18. The van der Waals surface area contributed by atoms with Crippen molar-refractivity contribution in [2.45, 2.75) is 52.2 Å². The Balaban J connectivity index is 1.33. The number of benzene rings is 3. The van der Waals surface area contributed by atoms with Crippen molar-refractivity contribution in [3.05, 3.63) is 117 Å². The second-order valence-electron chi connectivity index (χ2n) is 11.2. The van der Waals surface area contributed by atoms with E-state index in [0.29, 0.717) is 42.4 Å². The van der Waals surface area contributed by atoms with Crippen LogP contribution < -0.4 is 11.2 Å². The maximum atomic E-state index is 14.0. The number of rotatable bonds is 9. The van der Waals surface area contributed by atoms with Gasteiger partial charge in [-0.05, 0) is 53.2 Å². The summed E-state index contributed by atoms with van der Waals surface area (Å²) in [5.74, 6) is 1.68. The third-order valence-electron chi connectivity index (χ3n) is 8.38. The van der Waals surface area contributed by atoms with Gasteiger partial charge in [-0.1, -0.05) is 85.8 Å². The van der Waals surface area contributed by atoms with Crippen LogP contribution in [0.15, 0.2) is 88.5 Å². The van der Waals surface area contributed by atoms with Gasteiger partial charge in [0.1, 0.15) is 5.82 Å². The molecule has 0 spiro atoms. The highest BCUT2D eigenvalue weighted by Crippen LogP contribution is 2.31. The molecule has 1 aliphatic rings. The number of nitrogens with zero attached hydrogens (tertiary/aromatic N) is 7. The minimum absolute atomic E-state index is 0.263. The normalized spacial score (nSPS) is 13.9. The Hall–Kier alpha value is -5.12. The van der Waals surface area contributed by atoms with Gasteiger partial charge in [0.2, 0.25) is 5.82 Å². The monoisotopic (exact) mass is 572 g/mol. The number of nitrogens with one attached hydrogen (secondary N) is 1. The summed E-state index contributed by atoms with van der Waals surface area (Å²) < 4.78 is 5.15. The summed E-state index contributed by atoms with van der Waals surface area (Å²) in [7, 11) is 0. The molecule has 216 valence electrons. The Labute approximate surface area is 247 Å². The van der Waals surface area contributed by atoms with Crippen LogP contribution in [0.25, 0.3) is 33.7 Å². The summed E-state index contributed by atoms with van der Waals surface area (Å²) in [6.07, 6.45) is 2.71. The van der Waals surface area contributed by atoms with Crippen LogP contribution in [0.3, 0.4) is 0 Å². The van der Waals surface area contributed by atoms with Crippen LogP contribution in [-0.2, 0) is 19.5 Å². The number of fused-ring (bicyclic) bond motifs is 1. The van der Waals surface area contributed by atoms with Crippen LogP contribution in [0, 0.1) is 5.92 Å². The van der Waals surface area contributed by atoms with Crippen molar-refractivity contribution in [2.24, 2.45) is 5.92 Å². The van der Waals surface area contributed by atoms with Crippen LogP contribution in [0.4, 0.5) is 0 Å². The van der Waals surface area contributed by atoms with E-state index in [4.69, 9.17) is 4.98 Å². The van der Waals surface area contributed by atoms with Gasteiger partial charge in [0, 0.05) is 25.1 Å². The number of imidazole rings is 1. The number of H-pyrrole nitrogens is 1. The molecule has 0 aliphatic heterocycles. The third kappa shape index (κ3) is 4.88. The van der Waals surface area contributed by atoms with Crippen LogP contribution >= 0.6 is 0 Å². The van der Waals surface area contributed by atoms with E-state index in [2.05, 4.69) is 44.9 Å². The molecule has 3 heterocycles. The molecular formula is C33H32N8O2. The third-order valence-corrected chi connectivity index (χ3v) is 8.38. The molecule has 1 fully saturated rings. The predicted octanol–water partition coefficient (Wildman–Crippen LogP) is 4.84. The minimum atomic E-state index is -0.294.